The van der Waals surface area contributed by atoms with Crippen molar-refractivity contribution in [1.29, 1.82) is 0 Å². The Morgan fingerprint density at radius 3 is 2.67 bits per heavy atom. The Morgan fingerprint density at radius 2 is 2.25 bits per heavy atom. The first-order chi connectivity index (χ1) is 5.54. The van der Waals surface area contributed by atoms with Crippen LogP contribution in [0.3, 0.4) is 0 Å². The van der Waals surface area contributed by atoms with Crippen molar-refractivity contribution in [2.24, 2.45) is 0 Å². The van der Waals surface area contributed by atoms with E-state index in [4.69, 9.17) is 5.11 Å². The van der Waals surface area contributed by atoms with E-state index in [1.807, 2.05) is 0 Å². The highest BCUT2D eigenvalue weighted by molar-refractivity contribution is 5.85. The lowest BCUT2D eigenvalue weighted by molar-refractivity contribution is -0.132. The summed E-state index contributed by atoms with van der Waals surface area (Å²) in [6.07, 6.45) is -1.27. The van der Waals surface area contributed by atoms with Gasteiger partial charge in [-0.25, -0.2) is 13.6 Å². The fraction of sp³-hybridized carbons (Fsp3) is 0.571. The van der Waals surface area contributed by atoms with Gasteiger partial charge in [-0.1, -0.05) is 0 Å². The summed E-state index contributed by atoms with van der Waals surface area (Å²) < 4.78 is 27.3. The number of hydrogen-bond acceptors (Lipinski definition) is 2. The molecule has 0 aromatic carbocycles. The number of ether oxygens (including phenoxy) is 1. The molecule has 0 unspecified atom stereocenters. The van der Waals surface area contributed by atoms with E-state index in [9.17, 15) is 13.6 Å². The molecule has 70 valence electrons. The van der Waals surface area contributed by atoms with Gasteiger partial charge in [-0.2, -0.15) is 0 Å². The van der Waals surface area contributed by atoms with E-state index in [0.29, 0.717) is 0 Å². The van der Waals surface area contributed by atoms with Crippen molar-refractivity contribution in [2.45, 2.75) is 13.3 Å². The zero-order valence-corrected chi connectivity index (χ0v) is 6.59. The summed E-state index contributed by atoms with van der Waals surface area (Å²) in [4.78, 5) is 10.2. The standard InChI is InChI=1S/C7H10F2O3/c1-5(7(10)11)2-3-12-4-6(8)9/h2,6H,3-4H2,1H3,(H,10,11). The van der Waals surface area contributed by atoms with Crippen LogP contribution in [0.5, 0.6) is 0 Å². The maximum Gasteiger partial charge on any atom is 0.331 e. The van der Waals surface area contributed by atoms with Crippen molar-refractivity contribution in [3.05, 3.63) is 11.6 Å². The van der Waals surface area contributed by atoms with Gasteiger partial charge in [-0.3, -0.25) is 0 Å². The number of rotatable bonds is 5. The molecule has 0 amide bonds. The van der Waals surface area contributed by atoms with Crippen LogP contribution in [-0.2, 0) is 9.53 Å². The Balaban J connectivity index is 3.54. The molecule has 0 saturated carbocycles. The monoisotopic (exact) mass is 180 g/mol. The maximum absolute atomic E-state index is 11.5. The number of hydrogen-bond donors (Lipinski definition) is 1. The van der Waals surface area contributed by atoms with E-state index >= 15 is 0 Å². The van der Waals surface area contributed by atoms with Gasteiger partial charge < -0.3 is 9.84 Å². The molecule has 0 atom stereocenters. The Hall–Kier alpha value is -0.970. The van der Waals surface area contributed by atoms with Gasteiger partial charge in [0.05, 0.1) is 6.61 Å². The quantitative estimate of drug-likeness (QED) is 0.512. The second kappa shape index (κ2) is 5.65. The molecule has 1 N–H and O–H groups in total. The zero-order chi connectivity index (χ0) is 9.56. The van der Waals surface area contributed by atoms with Crippen LogP contribution >= 0.6 is 0 Å². The number of aliphatic carboxylic acids is 1. The zero-order valence-electron chi connectivity index (χ0n) is 6.59. The van der Waals surface area contributed by atoms with E-state index in [2.05, 4.69) is 4.74 Å². The molecule has 0 rings (SSSR count). The summed E-state index contributed by atoms with van der Waals surface area (Å²) in [7, 11) is 0. The van der Waals surface area contributed by atoms with Gasteiger partial charge in [-0.15, -0.1) is 0 Å². The number of carboxylic acids is 1. The van der Waals surface area contributed by atoms with Gasteiger partial charge in [0.25, 0.3) is 6.43 Å². The molecule has 0 bridgehead atoms. The third-order valence-electron chi connectivity index (χ3n) is 1.09. The minimum atomic E-state index is -2.51. The van der Waals surface area contributed by atoms with Gasteiger partial charge in [0.1, 0.15) is 6.61 Å². The number of carboxylic acid groups (broad SMARTS) is 1. The van der Waals surface area contributed by atoms with Crippen LogP contribution in [0.1, 0.15) is 6.92 Å². The molecule has 12 heavy (non-hydrogen) atoms. The lowest BCUT2D eigenvalue weighted by Crippen LogP contribution is -2.05. The molecule has 0 radical (unpaired) electrons. The van der Waals surface area contributed by atoms with Crippen molar-refractivity contribution in [3.8, 4) is 0 Å². The van der Waals surface area contributed by atoms with Crippen LogP contribution in [0, 0.1) is 0 Å². The lowest BCUT2D eigenvalue weighted by atomic mass is 10.3. The molecule has 0 saturated heterocycles. The predicted molar refractivity (Wildman–Crippen MR) is 38.2 cm³/mol. The molecule has 0 aromatic rings. The van der Waals surface area contributed by atoms with E-state index in [-0.39, 0.29) is 12.2 Å². The minimum Gasteiger partial charge on any atom is -0.478 e. The van der Waals surface area contributed by atoms with Crippen LogP contribution in [0.25, 0.3) is 0 Å². The van der Waals surface area contributed by atoms with Crippen molar-refractivity contribution in [3.63, 3.8) is 0 Å². The summed E-state index contributed by atoms with van der Waals surface area (Å²) in [5, 5.41) is 8.32. The first kappa shape index (κ1) is 11.0. The fourth-order valence-corrected chi connectivity index (χ4v) is 0.428. The van der Waals surface area contributed by atoms with E-state index in [1.165, 1.54) is 13.0 Å². The Bertz CT molecular complexity index is 177. The average molecular weight is 180 g/mol. The molecule has 0 aliphatic rings. The average Bonchev–Trinajstić information content (AvgIpc) is 1.97. The van der Waals surface area contributed by atoms with Crippen LogP contribution < -0.4 is 0 Å². The molecule has 5 heteroatoms. The molecule has 0 aliphatic heterocycles. The Labute approximate surface area is 68.6 Å². The summed E-state index contributed by atoms with van der Waals surface area (Å²) >= 11 is 0. The van der Waals surface area contributed by atoms with Gasteiger partial charge in [-0.05, 0) is 13.0 Å². The van der Waals surface area contributed by atoms with Gasteiger partial charge in [0.15, 0.2) is 0 Å². The largest absolute Gasteiger partial charge is 0.478 e. The van der Waals surface area contributed by atoms with Crippen molar-refractivity contribution < 1.29 is 23.4 Å². The Morgan fingerprint density at radius 1 is 1.67 bits per heavy atom. The normalized spacial score (nSPS) is 12.2. The summed E-state index contributed by atoms with van der Waals surface area (Å²) in [6.45, 7) is 0.611. The second-order valence-corrected chi connectivity index (χ2v) is 2.12. The molecule has 0 heterocycles. The second-order valence-electron chi connectivity index (χ2n) is 2.12. The van der Waals surface area contributed by atoms with Crippen LogP contribution in [0.15, 0.2) is 11.6 Å². The first-order valence-electron chi connectivity index (χ1n) is 3.30. The maximum atomic E-state index is 11.5. The van der Waals surface area contributed by atoms with Crippen LogP contribution in [0.4, 0.5) is 8.78 Å². The highest BCUT2D eigenvalue weighted by Crippen LogP contribution is 1.95. The lowest BCUT2D eigenvalue weighted by Gasteiger charge is -1.98. The number of carbonyl (C=O) groups is 1. The van der Waals surface area contributed by atoms with Gasteiger partial charge >= 0.3 is 5.97 Å². The molecule has 0 aliphatic carbocycles. The highest BCUT2D eigenvalue weighted by atomic mass is 19.3. The molecular formula is C7H10F2O3. The van der Waals surface area contributed by atoms with Gasteiger partial charge in [0, 0.05) is 5.57 Å². The topological polar surface area (TPSA) is 46.5 Å². The molecule has 0 fully saturated rings. The van der Waals surface area contributed by atoms with Crippen LogP contribution in [0.2, 0.25) is 0 Å². The summed E-state index contributed by atoms with van der Waals surface area (Å²) in [5.41, 5.74) is 0.0873. The molecule has 0 spiro atoms. The van der Waals surface area contributed by atoms with Gasteiger partial charge in [0.2, 0.25) is 0 Å². The van der Waals surface area contributed by atoms with Crippen molar-refractivity contribution >= 4 is 5.97 Å². The van der Waals surface area contributed by atoms with E-state index in [1.54, 1.807) is 0 Å². The highest BCUT2D eigenvalue weighted by Gasteiger charge is 2.01. The van der Waals surface area contributed by atoms with Crippen LogP contribution in [-0.4, -0.2) is 30.7 Å². The molecular weight excluding hydrogens is 170 g/mol. The minimum absolute atomic E-state index is 0.0873. The summed E-state index contributed by atoms with van der Waals surface area (Å²) in [6, 6.07) is 0. The number of alkyl halides is 2. The SMILES string of the molecule is CC(=CCOCC(F)F)C(=O)O. The van der Waals surface area contributed by atoms with Crippen molar-refractivity contribution in [2.75, 3.05) is 13.2 Å². The first-order valence-corrected chi connectivity index (χ1v) is 3.30. The predicted octanol–water partition coefficient (Wildman–Crippen LogP) is 1.30. The third-order valence-corrected chi connectivity index (χ3v) is 1.09. The molecule has 3 nitrogen and oxygen atoms in total. The van der Waals surface area contributed by atoms with Crippen molar-refractivity contribution in [1.82, 2.24) is 0 Å². The van der Waals surface area contributed by atoms with E-state index in [0.717, 1.165) is 0 Å². The number of halogens is 2. The smallest absolute Gasteiger partial charge is 0.331 e. The Kier molecular flexibility index (Phi) is 5.19. The fourth-order valence-electron chi connectivity index (χ4n) is 0.428. The molecule has 0 aromatic heterocycles. The van der Waals surface area contributed by atoms with E-state index < -0.39 is 19.0 Å². The summed E-state index contributed by atoms with van der Waals surface area (Å²) in [5.74, 6) is -1.07. The third kappa shape index (κ3) is 5.79.